The van der Waals surface area contributed by atoms with Gasteiger partial charge in [-0.3, -0.25) is 19.2 Å². The predicted octanol–water partition coefficient (Wildman–Crippen LogP) is 1.47. The van der Waals surface area contributed by atoms with Gasteiger partial charge in [0.1, 0.15) is 24.6 Å². The van der Waals surface area contributed by atoms with E-state index in [0.29, 0.717) is 11.1 Å². The maximum atomic E-state index is 13.2. The number of anilines is 1. The number of ether oxygens (including phenoxy) is 1. The highest BCUT2D eigenvalue weighted by atomic mass is 35.5. The Morgan fingerprint density at radius 3 is 2.51 bits per heavy atom. The third-order valence-electron chi connectivity index (χ3n) is 5.83. The summed E-state index contributed by atoms with van der Waals surface area (Å²) in [6.45, 7) is 7.14. The van der Waals surface area contributed by atoms with Gasteiger partial charge in [0.05, 0.1) is 11.6 Å². The molecule has 0 radical (unpaired) electrons. The standard InChI is InChI=1S/C24H32ClN7O5/c1-4-37-22(34)13-27-23(35)18-11-19(24(36)28-17-7-9-31(10-8-17)15(2)3)32(30-18)14-21(33)29-20-6-5-16(25)12-26-20/h5-6,11-12,15,17H,4,7-10,13-14H2,1-3H3,(H,27,35)(H,28,36)(H,26,29,33). The van der Waals surface area contributed by atoms with E-state index in [1.54, 1.807) is 13.0 Å². The number of esters is 1. The Hall–Kier alpha value is -3.51. The molecule has 0 aliphatic carbocycles. The van der Waals surface area contributed by atoms with Crippen molar-refractivity contribution in [2.45, 2.75) is 52.2 Å². The summed E-state index contributed by atoms with van der Waals surface area (Å²) < 4.78 is 5.96. The minimum Gasteiger partial charge on any atom is -0.465 e. The summed E-state index contributed by atoms with van der Waals surface area (Å²) in [5.74, 6) is -1.95. The number of piperidine rings is 1. The highest BCUT2D eigenvalue weighted by molar-refractivity contribution is 6.30. The third-order valence-corrected chi connectivity index (χ3v) is 6.05. The fourth-order valence-electron chi connectivity index (χ4n) is 3.87. The van der Waals surface area contributed by atoms with Gasteiger partial charge >= 0.3 is 5.97 Å². The van der Waals surface area contributed by atoms with Crippen LogP contribution < -0.4 is 16.0 Å². The number of carbonyl (C=O) groups excluding carboxylic acids is 4. The molecule has 3 rings (SSSR count). The molecule has 1 aliphatic rings. The lowest BCUT2D eigenvalue weighted by Gasteiger charge is -2.34. The van der Waals surface area contributed by atoms with E-state index >= 15 is 0 Å². The third kappa shape index (κ3) is 8.25. The molecule has 0 unspecified atom stereocenters. The second-order valence-electron chi connectivity index (χ2n) is 8.85. The molecule has 0 spiro atoms. The average Bonchev–Trinajstić information content (AvgIpc) is 3.28. The Morgan fingerprint density at radius 2 is 1.89 bits per heavy atom. The van der Waals surface area contributed by atoms with E-state index in [1.807, 2.05) is 0 Å². The van der Waals surface area contributed by atoms with Crippen molar-refractivity contribution in [2.24, 2.45) is 0 Å². The summed E-state index contributed by atoms with van der Waals surface area (Å²) >= 11 is 5.83. The molecule has 3 N–H and O–H groups in total. The molecule has 1 aliphatic heterocycles. The zero-order valence-electron chi connectivity index (χ0n) is 21.1. The maximum Gasteiger partial charge on any atom is 0.325 e. The Morgan fingerprint density at radius 1 is 1.16 bits per heavy atom. The highest BCUT2D eigenvalue weighted by Gasteiger charge is 2.26. The lowest BCUT2D eigenvalue weighted by molar-refractivity contribution is -0.141. The minimum atomic E-state index is -0.675. The summed E-state index contributed by atoms with van der Waals surface area (Å²) in [4.78, 5) is 56.4. The highest BCUT2D eigenvalue weighted by Crippen LogP contribution is 2.15. The first-order valence-corrected chi connectivity index (χ1v) is 12.5. The molecule has 0 atom stereocenters. The second-order valence-corrected chi connectivity index (χ2v) is 9.28. The number of nitrogens with one attached hydrogen (secondary N) is 3. The number of pyridine rings is 1. The molecule has 1 saturated heterocycles. The Kier molecular flexibility index (Phi) is 9.98. The number of carbonyl (C=O) groups is 4. The molecule has 0 saturated carbocycles. The van der Waals surface area contributed by atoms with Gasteiger partial charge in [-0.05, 0) is 45.7 Å². The SMILES string of the molecule is CCOC(=O)CNC(=O)c1cc(C(=O)NC2CCN(C(C)C)CC2)n(CC(=O)Nc2ccc(Cl)cn2)n1. The zero-order chi connectivity index (χ0) is 26.9. The van der Waals surface area contributed by atoms with E-state index < -0.39 is 23.7 Å². The van der Waals surface area contributed by atoms with E-state index in [-0.39, 0.29) is 42.9 Å². The predicted molar refractivity (Wildman–Crippen MR) is 136 cm³/mol. The fourth-order valence-corrected chi connectivity index (χ4v) is 3.99. The first kappa shape index (κ1) is 28.1. The van der Waals surface area contributed by atoms with Crippen LogP contribution in [-0.4, -0.2) is 81.7 Å². The van der Waals surface area contributed by atoms with E-state index in [9.17, 15) is 19.2 Å². The molecule has 1 fully saturated rings. The van der Waals surface area contributed by atoms with E-state index in [2.05, 4.69) is 44.8 Å². The first-order chi connectivity index (χ1) is 17.7. The Balaban J connectivity index is 1.73. The van der Waals surface area contributed by atoms with Crippen LogP contribution in [0.5, 0.6) is 0 Å². The molecule has 200 valence electrons. The van der Waals surface area contributed by atoms with Crippen molar-refractivity contribution in [2.75, 3.05) is 31.6 Å². The van der Waals surface area contributed by atoms with Crippen molar-refractivity contribution >= 4 is 41.1 Å². The normalized spacial score (nSPS) is 14.3. The number of hydrogen-bond acceptors (Lipinski definition) is 8. The van der Waals surface area contributed by atoms with Crippen molar-refractivity contribution < 1.29 is 23.9 Å². The van der Waals surface area contributed by atoms with Crippen LogP contribution in [0.1, 0.15) is 54.6 Å². The van der Waals surface area contributed by atoms with Gasteiger partial charge in [-0.15, -0.1) is 0 Å². The van der Waals surface area contributed by atoms with Gasteiger partial charge in [0.2, 0.25) is 5.91 Å². The van der Waals surface area contributed by atoms with Crippen LogP contribution in [0.15, 0.2) is 24.4 Å². The largest absolute Gasteiger partial charge is 0.465 e. The lowest BCUT2D eigenvalue weighted by Crippen LogP contribution is -2.47. The molecule has 0 bridgehead atoms. The van der Waals surface area contributed by atoms with Crippen LogP contribution in [0.2, 0.25) is 5.02 Å². The fraction of sp³-hybridized carbons (Fsp3) is 0.500. The lowest BCUT2D eigenvalue weighted by atomic mass is 10.0. The zero-order valence-corrected chi connectivity index (χ0v) is 21.9. The first-order valence-electron chi connectivity index (χ1n) is 12.1. The van der Waals surface area contributed by atoms with Gasteiger partial charge in [0.15, 0.2) is 5.69 Å². The van der Waals surface area contributed by atoms with Gasteiger partial charge in [-0.1, -0.05) is 11.6 Å². The van der Waals surface area contributed by atoms with Crippen molar-refractivity contribution in [3.8, 4) is 0 Å². The van der Waals surface area contributed by atoms with Crippen LogP contribution in [0.4, 0.5) is 5.82 Å². The summed E-state index contributed by atoms with van der Waals surface area (Å²) in [6, 6.07) is 4.80. The molecule has 0 aromatic carbocycles. The van der Waals surface area contributed by atoms with Gasteiger partial charge in [0.25, 0.3) is 11.8 Å². The number of halogens is 1. The molecular formula is C24H32ClN7O5. The summed E-state index contributed by atoms with van der Waals surface area (Å²) in [5.41, 5.74) is -0.0618. The van der Waals surface area contributed by atoms with Gasteiger partial charge < -0.3 is 25.6 Å². The minimum absolute atomic E-state index is 0.0426. The number of hydrogen-bond donors (Lipinski definition) is 3. The maximum absolute atomic E-state index is 13.2. The van der Waals surface area contributed by atoms with Crippen molar-refractivity contribution in [3.05, 3.63) is 40.8 Å². The Labute approximate surface area is 220 Å². The molecule has 12 nitrogen and oxygen atoms in total. The number of amides is 3. The molecular weight excluding hydrogens is 502 g/mol. The van der Waals surface area contributed by atoms with E-state index in [0.717, 1.165) is 30.6 Å². The van der Waals surface area contributed by atoms with E-state index in [1.165, 1.54) is 18.3 Å². The van der Waals surface area contributed by atoms with Gasteiger partial charge in [-0.2, -0.15) is 5.10 Å². The van der Waals surface area contributed by atoms with Crippen molar-refractivity contribution in [1.29, 1.82) is 0 Å². The number of rotatable bonds is 10. The average molecular weight is 534 g/mol. The van der Waals surface area contributed by atoms with Crippen LogP contribution in [-0.2, 0) is 20.9 Å². The molecule has 2 aromatic rings. The number of aromatic nitrogens is 3. The summed E-state index contributed by atoms with van der Waals surface area (Å²) in [5, 5.41) is 12.6. The van der Waals surface area contributed by atoms with Crippen molar-refractivity contribution in [3.63, 3.8) is 0 Å². The smallest absolute Gasteiger partial charge is 0.325 e. The molecule has 3 amide bonds. The number of nitrogens with zero attached hydrogens (tertiary/aromatic N) is 4. The van der Waals surface area contributed by atoms with Gasteiger partial charge in [-0.25, -0.2) is 9.67 Å². The Bertz CT molecular complexity index is 1110. The van der Waals surface area contributed by atoms with Crippen molar-refractivity contribution in [1.82, 2.24) is 30.3 Å². The number of likely N-dealkylation sites (tertiary alicyclic amines) is 1. The molecule has 3 heterocycles. The van der Waals surface area contributed by atoms with Crippen LogP contribution >= 0.6 is 11.6 Å². The molecule has 2 aromatic heterocycles. The monoisotopic (exact) mass is 533 g/mol. The summed E-state index contributed by atoms with van der Waals surface area (Å²) in [6.07, 6.45) is 2.96. The molecule has 13 heteroatoms. The van der Waals surface area contributed by atoms with E-state index in [4.69, 9.17) is 16.3 Å². The quantitative estimate of drug-likeness (QED) is 0.389. The topological polar surface area (TPSA) is 148 Å². The second kappa shape index (κ2) is 13.2. The van der Waals surface area contributed by atoms with Crippen LogP contribution in [0.25, 0.3) is 0 Å². The molecule has 37 heavy (non-hydrogen) atoms. The van der Waals surface area contributed by atoms with Crippen LogP contribution in [0, 0.1) is 0 Å². The van der Waals surface area contributed by atoms with Gasteiger partial charge in [0, 0.05) is 37.4 Å². The summed E-state index contributed by atoms with van der Waals surface area (Å²) in [7, 11) is 0. The van der Waals surface area contributed by atoms with Crippen LogP contribution in [0.3, 0.4) is 0 Å².